The normalized spacial score (nSPS) is 17.9. The van der Waals surface area contributed by atoms with Gasteiger partial charge >= 0.3 is 12.1 Å². The third-order valence-electron chi connectivity index (χ3n) is 6.07. The van der Waals surface area contributed by atoms with Crippen LogP contribution in [-0.4, -0.2) is 71.5 Å². The first-order valence-electron chi connectivity index (χ1n) is 12.5. The van der Waals surface area contributed by atoms with Crippen molar-refractivity contribution in [3.8, 4) is 11.4 Å². The van der Waals surface area contributed by atoms with Crippen LogP contribution in [0.3, 0.4) is 0 Å². The van der Waals surface area contributed by atoms with E-state index >= 15 is 0 Å². The maximum Gasteiger partial charge on any atom is 0.410 e. The second-order valence-corrected chi connectivity index (χ2v) is 10.1. The number of aromatic nitrogens is 2. The van der Waals surface area contributed by atoms with Gasteiger partial charge in [0.05, 0.1) is 31.5 Å². The van der Waals surface area contributed by atoms with Crippen LogP contribution in [-0.2, 0) is 22.4 Å². The molecule has 2 aliphatic rings. The van der Waals surface area contributed by atoms with E-state index < -0.39 is 5.60 Å². The molecule has 10 heteroatoms. The van der Waals surface area contributed by atoms with Crippen molar-refractivity contribution in [1.29, 1.82) is 0 Å². The Bertz CT molecular complexity index is 1100. The first kappa shape index (κ1) is 25.7. The number of nitrogens with zero attached hydrogens (tertiary/aromatic N) is 4. The summed E-state index contributed by atoms with van der Waals surface area (Å²) in [5.41, 5.74) is 2.89. The van der Waals surface area contributed by atoms with E-state index in [0.29, 0.717) is 57.3 Å². The molecule has 0 aliphatic carbocycles. The van der Waals surface area contributed by atoms with Crippen molar-refractivity contribution in [3.63, 3.8) is 0 Å². The van der Waals surface area contributed by atoms with E-state index in [2.05, 4.69) is 22.5 Å². The van der Waals surface area contributed by atoms with Gasteiger partial charge in [-0.2, -0.15) is 0 Å². The van der Waals surface area contributed by atoms with Gasteiger partial charge in [-0.05, 0) is 58.9 Å². The molecule has 2 aliphatic heterocycles. The molecular weight excluding hydrogens is 460 g/mol. The maximum absolute atomic E-state index is 12.8. The Labute approximate surface area is 212 Å². The van der Waals surface area contributed by atoms with Gasteiger partial charge in [-0.15, -0.1) is 0 Å². The van der Waals surface area contributed by atoms with E-state index in [1.807, 2.05) is 52.0 Å². The lowest BCUT2D eigenvalue weighted by Gasteiger charge is -2.38. The molecule has 0 saturated carbocycles. The molecule has 10 nitrogen and oxygen atoms in total. The molecule has 1 saturated heterocycles. The van der Waals surface area contributed by atoms with Crippen LogP contribution in [0.15, 0.2) is 24.3 Å². The molecule has 2 N–H and O–H groups in total. The molecule has 0 bridgehead atoms. The van der Waals surface area contributed by atoms with Crippen molar-refractivity contribution < 1.29 is 19.1 Å². The van der Waals surface area contributed by atoms with Crippen LogP contribution < -0.4 is 15.5 Å². The minimum atomic E-state index is -0.558. The Morgan fingerprint density at radius 2 is 1.92 bits per heavy atom. The molecule has 2 aromatic rings. The standard InChI is InChI=1S/C26H36N6O4/c1-6-27-24(33)28-19-9-7-18(8-10-19)22-29-21-11-12-31(25(34)36-26(3,4)5)15-20(21)23(30-22)32-13-14-35-16-17(32)2/h7-10,17H,6,11-16H2,1-5H3,(H2,27,28,33). The van der Waals surface area contributed by atoms with E-state index in [9.17, 15) is 9.59 Å². The van der Waals surface area contributed by atoms with Gasteiger partial charge in [0.2, 0.25) is 0 Å². The number of benzene rings is 1. The average Bonchev–Trinajstić information content (AvgIpc) is 2.83. The molecule has 1 aromatic carbocycles. The summed E-state index contributed by atoms with van der Waals surface area (Å²) in [6.45, 7) is 13.0. The Morgan fingerprint density at radius 3 is 2.58 bits per heavy atom. The zero-order chi connectivity index (χ0) is 25.9. The number of amides is 3. The largest absolute Gasteiger partial charge is 0.444 e. The summed E-state index contributed by atoms with van der Waals surface area (Å²) < 4.78 is 11.3. The van der Waals surface area contributed by atoms with E-state index in [0.717, 1.165) is 22.6 Å². The van der Waals surface area contributed by atoms with Gasteiger partial charge in [0.1, 0.15) is 11.4 Å². The molecule has 3 heterocycles. The van der Waals surface area contributed by atoms with E-state index in [4.69, 9.17) is 19.4 Å². The van der Waals surface area contributed by atoms with Crippen molar-refractivity contribution in [1.82, 2.24) is 20.2 Å². The van der Waals surface area contributed by atoms with Gasteiger partial charge in [0.15, 0.2) is 5.82 Å². The number of hydrogen-bond donors (Lipinski definition) is 2. The van der Waals surface area contributed by atoms with Crippen molar-refractivity contribution >= 4 is 23.6 Å². The Kier molecular flexibility index (Phi) is 7.63. The molecule has 0 radical (unpaired) electrons. The first-order chi connectivity index (χ1) is 17.1. The number of hydrogen-bond acceptors (Lipinski definition) is 7. The van der Waals surface area contributed by atoms with Crippen molar-refractivity contribution in [2.45, 2.75) is 59.2 Å². The summed E-state index contributed by atoms with van der Waals surface area (Å²) in [5.74, 6) is 1.46. The number of carbonyl (C=O) groups excluding carboxylic acids is 2. The highest BCUT2D eigenvalue weighted by Crippen LogP contribution is 2.32. The molecule has 36 heavy (non-hydrogen) atoms. The van der Waals surface area contributed by atoms with Crippen molar-refractivity contribution in [2.24, 2.45) is 0 Å². The number of urea groups is 1. The van der Waals surface area contributed by atoms with Crippen LogP contribution in [0, 0.1) is 0 Å². The number of rotatable bonds is 4. The second kappa shape index (κ2) is 10.7. The van der Waals surface area contributed by atoms with Gasteiger partial charge in [0, 0.05) is 42.9 Å². The van der Waals surface area contributed by atoms with Gasteiger partial charge in [0.25, 0.3) is 0 Å². The second-order valence-electron chi connectivity index (χ2n) is 10.1. The predicted octanol–water partition coefficient (Wildman–Crippen LogP) is 3.80. The predicted molar refractivity (Wildman–Crippen MR) is 138 cm³/mol. The smallest absolute Gasteiger partial charge is 0.410 e. The molecule has 194 valence electrons. The van der Waals surface area contributed by atoms with Crippen LogP contribution in [0.5, 0.6) is 0 Å². The van der Waals surface area contributed by atoms with Gasteiger partial charge in [-0.25, -0.2) is 19.6 Å². The SMILES string of the molecule is CCNC(=O)Nc1ccc(-c2nc3c(c(N4CCOCC4C)n2)CN(C(=O)OC(C)(C)C)CC3)cc1. The fourth-order valence-electron chi connectivity index (χ4n) is 4.33. The third-order valence-corrected chi connectivity index (χ3v) is 6.07. The molecule has 3 amide bonds. The van der Waals surface area contributed by atoms with Crippen LogP contribution >= 0.6 is 0 Å². The number of anilines is 2. The minimum Gasteiger partial charge on any atom is -0.444 e. The molecule has 0 spiro atoms. The monoisotopic (exact) mass is 496 g/mol. The lowest BCUT2D eigenvalue weighted by atomic mass is 10.0. The van der Waals surface area contributed by atoms with Crippen LogP contribution in [0.2, 0.25) is 0 Å². The van der Waals surface area contributed by atoms with Gasteiger partial charge < -0.3 is 29.9 Å². The van der Waals surface area contributed by atoms with Crippen LogP contribution in [0.1, 0.15) is 45.9 Å². The highest BCUT2D eigenvalue weighted by Gasteiger charge is 2.32. The number of carbonyl (C=O) groups is 2. The van der Waals surface area contributed by atoms with E-state index in [1.165, 1.54) is 0 Å². The summed E-state index contributed by atoms with van der Waals surface area (Å²) in [7, 11) is 0. The summed E-state index contributed by atoms with van der Waals surface area (Å²) in [6.07, 6.45) is 0.292. The molecule has 1 unspecified atom stereocenters. The fraction of sp³-hybridized carbons (Fsp3) is 0.538. The number of ether oxygens (including phenoxy) is 2. The maximum atomic E-state index is 12.8. The van der Waals surface area contributed by atoms with Crippen LogP contribution in [0.4, 0.5) is 21.1 Å². The van der Waals surface area contributed by atoms with E-state index in [-0.39, 0.29) is 18.2 Å². The van der Waals surface area contributed by atoms with Crippen LogP contribution in [0.25, 0.3) is 11.4 Å². The minimum absolute atomic E-state index is 0.145. The molecule has 1 atom stereocenters. The molecule has 4 rings (SSSR count). The average molecular weight is 497 g/mol. The third kappa shape index (κ3) is 6.04. The Hall–Kier alpha value is -3.40. The number of nitrogens with one attached hydrogen (secondary N) is 2. The summed E-state index contributed by atoms with van der Waals surface area (Å²) in [4.78, 5) is 38.5. The summed E-state index contributed by atoms with van der Waals surface area (Å²) in [6, 6.07) is 7.40. The molecular formula is C26H36N6O4. The first-order valence-corrected chi connectivity index (χ1v) is 12.5. The fourth-order valence-corrected chi connectivity index (χ4v) is 4.33. The van der Waals surface area contributed by atoms with E-state index in [1.54, 1.807) is 4.90 Å². The summed E-state index contributed by atoms with van der Waals surface area (Å²) >= 11 is 0. The zero-order valence-corrected chi connectivity index (χ0v) is 21.8. The number of fused-ring (bicyclic) bond motifs is 1. The van der Waals surface area contributed by atoms with Crippen molar-refractivity contribution in [3.05, 3.63) is 35.5 Å². The number of morpholine rings is 1. The Morgan fingerprint density at radius 1 is 1.17 bits per heavy atom. The quantitative estimate of drug-likeness (QED) is 0.663. The van der Waals surface area contributed by atoms with Gasteiger partial charge in [-0.1, -0.05) is 0 Å². The molecule has 1 fully saturated rings. The topological polar surface area (TPSA) is 109 Å². The lowest BCUT2D eigenvalue weighted by molar-refractivity contribution is 0.0222. The lowest BCUT2D eigenvalue weighted by Crippen LogP contribution is -2.46. The molecule has 1 aromatic heterocycles. The van der Waals surface area contributed by atoms with Gasteiger partial charge in [-0.3, -0.25) is 0 Å². The summed E-state index contributed by atoms with van der Waals surface area (Å²) in [5, 5.41) is 5.53. The zero-order valence-electron chi connectivity index (χ0n) is 21.8. The van der Waals surface area contributed by atoms with Crippen molar-refractivity contribution in [2.75, 3.05) is 43.1 Å². The Balaban J connectivity index is 1.66. The highest BCUT2D eigenvalue weighted by atomic mass is 16.6. The highest BCUT2D eigenvalue weighted by molar-refractivity contribution is 5.89.